The summed E-state index contributed by atoms with van der Waals surface area (Å²) in [7, 11) is 0. The fourth-order valence-electron chi connectivity index (χ4n) is 3.66. The van der Waals surface area contributed by atoms with E-state index in [9.17, 15) is 4.79 Å². The lowest BCUT2D eigenvalue weighted by molar-refractivity contribution is -0.122. The van der Waals surface area contributed by atoms with Crippen LogP contribution in [0.5, 0.6) is 0 Å². The molecule has 0 bridgehead atoms. The molecule has 2 atom stereocenters. The first-order valence-electron chi connectivity index (χ1n) is 8.76. The van der Waals surface area contributed by atoms with Crippen molar-refractivity contribution in [1.29, 1.82) is 0 Å². The van der Waals surface area contributed by atoms with Crippen LogP contribution in [0.15, 0.2) is 0 Å². The summed E-state index contributed by atoms with van der Waals surface area (Å²) in [5, 5.41) is 6.51. The Kier molecular flexibility index (Phi) is 6.97. The van der Waals surface area contributed by atoms with Gasteiger partial charge in [0.05, 0.1) is 6.10 Å². The topological polar surface area (TPSA) is 50.4 Å². The molecule has 2 rings (SSSR count). The zero-order chi connectivity index (χ0) is 15.1. The van der Waals surface area contributed by atoms with Gasteiger partial charge < -0.3 is 15.4 Å². The van der Waals surface area contributed by atoms with Crippen LogP contribution < -0.4 is 10.6 Å². The Labute approximate surface area is 129 Å². The quantitative estimate of drug-likeness (QED) is 0.791. The zero-order valence-electron chi connectivity index (χ0n) is 13.7. The molecule has 0 aliphatic carbocycles. The van der Waals surface area contributed by atoms with Crippen molar-refractivity contribution in [2.24, 2.45) is 17.8 Å². The van der Waals surface area contributed by atoms with E-state index in [1.54, 1.807) is 0 Å². The highest BCUT2D eigenvalue weighted by atomic mass is 16.5. The number of carbonyl (C=O) groups excluding carboxylic acids is 1. The second-order valence-corrected chi connectivity index (χ2v) is 7.02. The number of piperidine rings is 1. The van der Waals surface area contributed by atoms with Gasteiger partial charge in [-0.2, -0.15) is 0 Å². The van der Waals surface area contributed by atoms with Crippen LogP contribution in [0.1, 0.15) is 52.4 Å². The molecule has 2 unspecified atom stereocenters. The first kappa shape index (κ1) is 16.8. The van der Waals surface area contributed by atoms with Gasteiger partial charge in [0, 0.05) is 25.5 Å². The van der Waals surface area contributed by atoms with Gasteiger partial charge in [-0.1, -0.05) is 13.8 Å². The van der Waals surface area contributed by atoms with Crippen LogP contribution in [0.3, 0.4) is 0 Å². The lowest BCUT2D eigenvalue weighted by Gasteiger charge is -2.34. The van der Waals surface area contributed by atoms with Crippen molar-refractivity contribution in [1.82, 2.24) is 10.6 Å². The minimum atomic E-state index is 0.224. The van der Waals surface area contributed by atoms with E-state index in [0.717, 1.165) is 45.0 Å². The molecule has 2 N–H and O–H groups in total. The summed E-state index contributed by atoms with van der Waals surface area (Å²) < 4.78 is 5.88. The number of carbonyl (C=O) groups is 1. The smallest absolute Gasteiger partial charge is 0.220 e. The molecule has 0 aromatic carbocycles. The maximum atomic E-state index is 12.0. The van der Waals surface area contributed by atoms with Crippen LogP contribution in [0.25, 0.3) is 0 Å². The molecule has 2 aliphatic rings. The molecular weight excluding hydrogens is 264 g/mol. The highest BCUT2D eigenvalue weighted by Gasteiger charge is 2.28. The maximum absolute atomic E-state index is 12.0. The molecule has 2 saturated heterocycles. The van der Waals surface area contributed by atoms with E-state index in [2.05, 4.69) is 24.5 Å². The van der Waals surface area contributed by atoms with Crippen molar-refractivity contribution in [2.75, 3.05) is 26.2 Å². The molecule has 2 aliphatic heterocycles. The predicted octanol–water partition coefficient (Wildman–Crippen LogP) is 2.33. The summed E-state index contributed by atoms with van der Waals surface area (Å²) >= 11 is 0. The molecule has 4 heteroatoms. The van der Waals surface area contributed by atoms with Gasteiger partial charge in [-0.25, -0.2) is 0 Å². The van der Waals surface area contributed by atoms with Gasteiger partial charge in [-0.05, 0) is 57.0 Å². The van der Waals surface area contributed by atoms with E-state index in [0.29, 0.717) is 24.4 Å². The van der Waals surface area contributed by atoms with Gasteiger partial charge in [0.15, 0.2) is 0 Å². The Bertz CT molecular complexity index is 314. The van der Waals surface area contributed by atoms with E-state index in [1.807, 2.05) is 0 Å². The van der Waals surface area contributed by atoms with Gasteiger partial charge in [0.1, 0.15) is 0 Å². The number of hydrogen-bond acceptors (Lipinski definition) is 3. The van der Waals surface area contributed by atoms with Crippen molar-refractivity contribution >= 4 is 5.91 Å². The Morgan fingerprint density at radius 1 is 1.29 bits per heavy atom. The van der Waals surface area contributed by atoms with Gasteiger partial charge >= 0.3 is 0 Å². The zero-order valence-corrected chi connectivity index (χ0v) is 13.7. The van der Waals surface area contributed by atoms with Crippen LogP contribution in [0, 0.1) is 17.8 Å². The van der Waals surface area contributed by atoms with E-state index in [4.69, 9.17) is 4.74 Å². The summed E-state index contributed by atoms with van der Waals surface area (Å²) in [6.07, 6.45) is 6.78. The van der Waals surface area contributed by atoms with E-state index < -0.39 is 0 Å². The third kappa shape index (κ3) is 5.59. The van der Waals surface area contributed by atoms with Gasteiger partial charge in [0.2, 0.25) is 5.91 Å². The minimum Gasteiger partial charge on any atom is -0.378 e. The van der Waals surface area contributed by atoms with Crippen molar-refractivity contribution in [3.63, 3.8) is 0 Å². The van der Waals surface area contributed by atoms with Crippen LogP contribution >= 0.6 is 0 Å². The monoisotopic (exact) mass is 296 g/mol. The number of hydrogen-bond donors (Lipinski definition) is 2. The summed E-state index contributed by atoms with van der Waals surface area (Å²) in [5.41, 5.74) is 0. The first-order chi connectivity index (χ1) is 10.2. The van der Waals surface area contributed by atoms with Crippen molar-refractivity contribution in [3.05, 3.63) is 0 Å². The molecule has 4 nitrogen and oxygen atoms in total. The average Bonchev–Trinajstić information content (AvgIpc) is 2.52. The lowest BCUT2D eigenvalue weighted by Crippen LogP contribution is -2.41. The molecule has 0 aromatic heterocycles. The van der Waals surface area contributed by atoms with Gasteiger partial charge in [0.25, 0.3) is 0 Å². The average molecular weight is 296 g/mol. The minimum absolute atomic E-state index is 0.224. The Hall–Kier alpha value is -0.610. The molecule has 0 aromatic rings. The third-order valence-electron chi connectivity index (χ3n) is 4.95. The molecular formula is C17H32N2O2. The molecule has 1 amide bonds. The number of rotatable bonds is 6. The SMILES string of the molecule is CC(C)C1OCCCC1CNC(=O)CCC1CCNCC1. The number of amides is 1. The predicted molar refractivity (Wildman–Crippen MR) is 85.1 cm³/mol. The molecule has 0 radical (unpaired) electrons. The highest BCUT2D eigenvalue weighted by Crippen LogP contribution is 2.25. The Morgan fingerprint density at radius 3 is 2.76 bits per heavy atom. The van der Waals surface area contributed by atoms with E-state index in [1.165, 1.54) is 19.3 Å². The van der Waals surface area contributed by atoms with Crippen LogP contribution in [0.4, 0.5) is 0 Å². The van der Waals surface area contributed by atoms with Crippen molar-refractivity contribution in [3.8, 4) is 0 Å². The van der Waals surface area contributed by atoms with Crippen LogP contribution in [-0.2, 0) is 9.53 Å². The summed E-state index contributed by atoms with van der Waals surface area (Å²) in [6, 6.07) is 0. The molecule has 2 fully saturated rings. The Morgan fingerprint density at radius 2 is 2.05 bits per heavy atom. The second-order valence-electron chi connectivity index (χ2n) is 7.02. The molecule has 2 heterocycles. The number of ether oxygens (including phenoxy) is 1. The maximum Gasteiger partial charge on any atom is 0.220 e. The van der Waals surface area contributed by atoms with Gasteiger partial charge in [-0.3, -0.25) is 4.79 Å². The summed E-state index contributed by atoms with van der Waals surface area (Å²) in [5.74, 6) is 1.98. The lowest BCUT2D eigenvalue weighted by atomic mass is 9.87. The van der Waals surface area contributed by atoms with E-state index in [-0.39, 0.29) is 5.91 Å². The number of nitrogens with one attached hydrogen (secondary N) is 2. The molecule has 0 spiro atoms. The standard InChI is InChI=1S/C17H32N2O2/c1-13(2)17-15(4-3-11-21-17)12-19-16(20)6-5-14-7-9-18-10-8-14/h13-15,17-18H,3-12H2,1-2H3,(H,19,20). The fraction of sp³-hybridized carbons (Fsp3) is 0.941. The highest BCUT2D eigenvalue weighted by molar-refractivity contribution is 5.75. The first-order valence-corrected chi connectivity index (χ1v) is 8.76. The summed E-state index contributed by atoms with van der Waals surface area (Å²) in [6.45, 7) is 8.31. The van der Waals surface area contributed by atoms with E-state index >= 15 is 0 Å². The summed E-state index contributed by atoms with van der Waals surface area (Å²) in [4.78, 5) is 12.0. The van der Waals surface area contributed by atoms with Crippen molar-refractivity contribution < 1.29 is 9.53 Å². The molecule has 0 saturated carbocycles. The van der Waals surface area contributed by atoms with Crippen LogP contribution in [-0.4, -0.2) is 38.3 Å². The molecule has 21 heavy (non-hydrogen) atoms. The third-order valence-corrected chi connectivity index (χ3v) is 4.95. The normalized spacial score (nSPS) is 27.8. The van der Waals surface area contributed by atoms with Crippen LogP contribution in [0.2, 0.25) is 0 Å². The van der Waals surface area contributed by atoms with Gasteiger partial charge in [-0.15, -0.1) is 0 Å². The van der Waals surface area contributed by atoms with Crippen molar-refractivity contribution in [2.45, 2.75) is 58.5 Å². The fourth-order valence-corrected chi connectivity index (χ4v) is 3.66. The largest absolute Gasteiger partial charge is 0.378 e. The molecule has 122 valence electrons. The Balaban J connectivity index is 1.65. The second kappa shape index (κ2) is 8.74.